The lowest BCUT2D eigenvalue weighted by molar-refractivity contribution is -0.135. The number of ether oxygens (including phenoxy) is 1. The first-order valence-electron chi connectivity index (χ1n) is 5.87. The van der Waals surface area contributed by atoms with Gasteiger partial charge in [-0.25, -0.2) is 4.79 Å². The Labute approximate surface area is 107 Å². The average molecular weight is 262 g/mol. The Balaban J connectivity index is 3.82. The van der Waals surface area contributed by atoms with Gasteiger partial charge >= 0.3 is 5.97 Å². The summed E-state index contributed by atoms with van der Waals surface area (Å²) in [5.74, 6) is 0.752. The molecule has 0 saturated heterocycles. The van der Waals surface area contributed by atoms with E-state index in [9.17, 15) is 4.79 Å². The van der Waals surface area contributed by atoms with Crippen molar-refractivity contribution in [1.82, 2.24) is 4.90 Å². The van der Waals surface area contributed by atoms with E-state index in [4.69, 9.17) is 9.94 Å². The highest BCUT2D eigenvalue weighted by molar-refractivity contribution is 8.00. The molecule has 0 atom stereocenters. The van der Waals surface area contributed by atoms with Crippen LogP contribution in [0.25, 0.3) is 0 Å². The largest absolute Gasteiger partial charge is 0.461 e. The van der Waals surface area contributed by atoms with E-state index in [-0.39, 0.29) is 5.71 Å². The van der Waals surface area contributed by atoms with Crippen LogP contribution >= 0.6 is 11.8 Å². The monoisotopic (exact) mass is 262 g/mol. The second kappa shape index (κ2) is 10.4. The van der Waals surface area contributed by atoms with Gasteiger partial charge in [-0.1, -0.05) is 19.0 Å². The first-order valence-corrected chi connectivity index (χ1v) is 7.03. The summed E-state index contributed by atoms with van der Waals surface area (Å²) in [5.41, 5.74) is 0.0800. The van der Waals surface area contributed by atoms with Crippen LogP contribution in [0.5, 0.6) is 0 Å². The van der Waals surface area contributed by atoms with E-state index in [1.807, 2.05) is 0 Å². The molecule has 0 aliphatic carbocycles. The van der Waals surface area contributed by atoms with Gasteiger partial charge in [-0.15, -0.1) is 0 Å². The molecule has 0 aliphatic rings. The normalized spacial score (nSPS) is 11.9. The molecule has 0 radical (unpaired) electrons. The van der Waals surface area contributed by atoms with Crippen molar-refractivity contribution in [1.29, 1.82) is 0 Å². The van der Waals surface area contributed by atoms with Gasteiger partial charge in [-0.05, 0) is 20.0 Å². The molecule has 0 unspecified atom stereocenters. The molecule has 0 aromatic rings. The molecule has 1 N–H and O–H groups in total. The SMILES string of the molecule is CCOC(=O)C(CSCCN(CC)CC)=NO. The van der Waals surface area contributed by atoms with Crippen molar-refractivity contribution in [3.8, 4) is 0 Å². The molecule has 0 spiro atoms. The number of carbonyl (C=O) groups is 1. The third-order valence-electron chi connectivity index (χ3n) is 2.32. The van der Waals surface area contributed by atoms with Gasteiger partial charge in [0.25, 0.3) is 0 Å². The highest BCUT2D eigenvalue weighted by Gasteiger charge is 2.13. The molecule has 0 bridgehead atoms. The maximum Gasteiger partial charge on any atom is 0.356 e. The van der Waals surface area contributed by atoms with Crippen LogP contribution in [-0.4, -0.2) is 59.5 Å². The lowest BCUT2D eigenvalue weighted by atomic mass is 10.4. The third-order valence-corrected chi connectivity index (χ3v) is 3.27. The van der Waals surface area contributed by atoms with E-state index < -0.39 is 5.97 Å². The summed E-state index contributed by atoms with van der Waals surface area (Å²) in [6.07, 6.45) is 0. The van der Waals surface area contributed by atoms with Crippen LogP contribution in [-0.2, 0) is 9.53 Å². The van der Waals surface area contributed by atoms with Crippen LogP contribution in [0, 0.1) is 0 Å². The van der Waals surface area contributed by atoms with E-state index in [2.05, 4.69) is 23.9 Å². The summed E-state index contributed by atoms with van der Waals surface area (Å²) >= 11 is 1.57. The van der Waals surface area contributed by atoms with Crippen molar-refractivity contribution in [2.75, 3.05) is 37.7 Å². The number of hydrogen-bond donors (Lipinski definition) is 1. The third kappa shape index (κ3) is 7.23. The Bertz CT molecular complexity index is 243. The van der Waals surface area contributed by atoms with Crippen molar-refractivity contribution in [2.24, 2.45) is 5.16 Å². The minimum Gasteiger partial charge on any atom is -0.461 e. The number of thioether (sulfide) groups is 1. The topological polar surface area (TPSA) is 62.1 Å². The molecule has 6 heteroatoms. The Morgan fingerprint density at radius 3 is 2.47 bits per heavy atom. The lowest BCUT2D eigenvalue weighted by Gasteiger charge is -2.17. The average Bonchev–Trinajstić information content (AvgIpc) is 2.34. The summed E-state index contributed by atoms with van der Waals surface area (Å²) in [6.45, 7) is 9.27. The number of oxime groups is 1. The summed E-state index contributed by atoms with van der Waals surface area (Å²) in [6, 6.07) is 0. The zero-order chi connectivity index (χ0) is 13.1. The minimum atomic E-state index is -0.537. The van der Waals surface area contributed by atoms with Crippen molar-refractivity contribution >= 4 is 23.4 Å². The lowest BCUT2D eigenvalue weighted by Crippen LogP contribution is -2.26. The first-order chi connectivity index (χ1) is 8.19. The molecular weight excluding hydrogens is 240 g/mol. The molecule has 0 heterocycles. The molecule has 0 fully saturated rings. The van der Waals surface area contributed by atoms with Gasteiger partial charge in [0.1, 0.15) is 0 Å². The molecule has 0 rings (SSSR count). The fraction of sp³-hybridized carbons (Fsp3) is 0.818. The van der Waals surface area contributed by atoms with Crippen LogP contribution in [0.4, 0.5) is 0 Å². The van der Waals surface area contributed by atoms with Crippen LogP contribution < -0.4 is 0 Å². The number of esters is 1. The zero-order valence-corrected chi connectivity index (χ0v) is 11.6. The quantitative estimate of drug-likeness (QED) is 0.224. The Morgan fingerprint density at radius 1 is 1.35 bits per heavy atom. The van der Waals surface area contributed by atoms with Crippen LogP contribution in [0.1, 0.15) is 20.8 Å². The Hall–Kier alpha value is -0.750. The molecule has 0 saturated carbocycles. The molecule has 5 nitrogen and oxygen atoms in total. The van der Waals surface area contributed by atoms with Gasteiger partial charge in [-0.2, -0.15) is 11.8 Å². The van der Waals surface area contributed by atoms with Gasteiger partial charge in [-0.3, -0.25) is 0 Å². The molecule has 100 valence electrons. The van der Waals surface area contributed by atoms with Gasteiger partial charge < -0.3 is 14.8 Å². The summed E-state index contributed by atoms with van der Waals surface area (Å²) in [4.78, 5) is 13.6. The minimum absolute atomic E-state index is 0.0800. The van der Waals surface area contributed by atoms with E-state index >= 15 is 0 Å². The number of hydrogen-bond acceptors (Lipinski definition) is 6. The van der Waals surface area contributed by atoms with Gasteiger partial charge in [0, 0.05) is 18.1 Å². The number of nitrogens with zero attached hydrogens (tertiary/aromatic N) is 2. The van der Waals surface area contributed by atoms with E-state index in [1.54, 1.807) is 18.7 Å². The predicted octanol–water partition coefficient (Wildman–Crippen LogP) is 1.45. The van der Waals surface area contributed by atoms with Crippen molar-refractivity contribution in [3.63, 3.8) is 0 Å². The fourth-order valence-electron chi connectivity index (χ4n) is 1.25. The molecular formula is C11H22N2O3S. The Kier molecular flexibility index (Phi) is 9.95. The van der Waals surface area contributed by atoms with E-state index in [0.717, 1.165) is 25.4 Å². The predicted molar refractivity (Wildman–Crippen MR) is 71.0 cm³/mol. The Morgan fingerprint density at radius 2 is 2.00 bits per heavy atom. The van der Waals surface area contributed by atoms with Gasteiger partial charge in [0.2, 0.25) is 0 Å². The van der Waals surface area contributed by atoms with E-state index in [1.165, 1.54) is 0 Å². The summed E-state index contributed by atoms with van der Waals surface area (Å²) in [7, 11) is 0. The van der Waals surface area contributed by atoms with Gasteiger partial charge in [0.05, 0.1) is 6.61 Å². The molecule has 17 heavy (non-hydrogen) atoms. The van der Waals surface area contributed by atoms with Crippen LogP contribution in [0.2, 0.25) is 0 Å². The van der Waals surface area contributed by atoms with Crippen molar-refractivity contribution in [2.45, 2.75) is 20.8 Å². The number of rotatable bonds is 9. The molecule has 0 aromatic carbocycles. The summed E-state index contributed by atoms with van der Waals surface area (Å²) in [5, 5.41) is 11.7. The molecule has 0 aromatic heterocycles. The standard InChI is InChI=1S/C11H22N2O3S/c1-4-13(5-2)7-8-17-9-10(12-15)11(14)16-6-3/h15H,4-9H2,1-3H3. The fourth-order valence-corrected chi connectivity index (χ4v) is 2.15. The van der Waals surface area contributed by atoms with E-state index in [0.29, 0.717) is 12.4 Å². The second-order valence-corrected chi connectivity index (χ2v) is 4.45. The molecule has 0 amide bonds. The zero-order valence-electron chi connectivity index (χ0n) is 10.8. The maximum absolute atomic E-state index is 11.3. The smallest absolute Gasteiger partial charge is 0.356 e. The first kappa shape index (κ1) is 16.2. The highest BCUT2D eigenvalue weighted by Crippen LogP contribution is 2.03. The summed E-state index contributed by atoms with van der Waals surface area (Å²) < 4.78 is 4.76. The highest BCUT2D eigenvalue weighted by atomic mass is 32.2. The van der Waals surface area contributed by atoms with Crippen molar-refractivity contribution in [3.05, 3.63) is 0 Å². The van der Waals surface area contributed by atoms with Crippen LogP contribution in [0.15, 0.2) is 5.16 Å². The number of carbonyl (C=O) groups excluding carboxylic acids is 1. The van der Waals surface area contributed by atoms with Crippen LogP contribution in [0.3, 0.4) is 0 Å². The maximum atomic E-state index is 11.3. The van der Waals surface area contributed by atoms with Crippen molar-refractivity contribution < 1.29 is 14.7 Å². The second-order valence-electron chi connectivity index (χ2n) is 3.35. The van der Waals surface area contributed by atoms with Gasteiger partial charge in [0.15, 0.2) is 5.71 Å². The molecule has 0 aliphatic heterocycles.